The SMILES string of the molecule is Cc1cc(C(=O)N2Cc3cnn(C)c3Nc3ccccc32)ccc1OCCN1CCN(CCC(C)(C)C)CC1.Cc1cc(C(=O)O)ccc1OCCN1CCN(CCC(C)(C)C)CC1. The summed E-state index contributed by atoms with van der Waals surface area (Å²) in [7, 11) is 1.90. The van der Waals surface area contributed by atoms with Crippen molar-refractivity contribution in [3.63, 3.8) is 0 Å². The lowest BCUT2D eigenvalue weighted by molar-refractivity contribution is 0.0696. The molecule has 7 rings (SSSR count). The van der Waals surface area contributed by atoms with E-state index >= 15 is 0 Å². The van der Waals surface area contributed by atoms with Crippen LogP contribution in [-0.2, 0) is 13.6 Å². The lowest BCUT2D eigenvalue weighted by Gasteiger charge is -2.35. The lowest BCUT2D eigenvalue weighted by atomic mass is 9.92. The maximum atomic E-state index is 13.8. The Bertz CT molecular complexity index is 2160. The summed E-state index contributed by atoms with van der Waals surface area (Å²) < 4.78 is 13.8. The van der Waals surface area contributed by atoms with Gasteiger partial charge in [-0.3, -0.25) is 19.3 Å². The number of carboxylic acid groups (broad SMARTS) is 1. The molecule has 4 aromatic rings. The third-order valence-electron chi connectivity index (χ3n) is 12.5. The van der Waals surface area contributed by atoms with Crippen molar-refractivity contribution < 1.29 is 24.2 Å². The molecule has 0 atom stereocenters. The number of para-hydroxylation sites is 2. The summed E-state index contributed by atoms with van der Waals surface area (Å²) in [4.78, 5) is 36.6. The summed E-state index contributed by atoms with van der Waals surface area (Å²) in [6, 6.07) is 18.7. The van der Waals surface area contributed by atoms with E-state index in [0.717, 1.165) is 111 Å². The molecular formula is C51H74N8O5. The van der Waals surface area contributed by atoms with Crippen molar-refractivity contribution in [2.45, 2.75) is 74.8 Å². The fourth-order valence-electron chi connectivity index (χ4n) is 8.21. The number of hydrogen-bond donors (Lipinski definition) is 2. The highest BCUT2D eigenvalue weighted by Crippen LogP contribution is 2.36. The minimum Gasteiger partial charge on any atom is -0.492 e. The molecule has 2 N–H and O–H groups in total. The van der Waals surface area contributed by atoms with Crippen LogP contribution >= 0.6 is 0 Å². The topological polar surface area (TPSA) is 119 Å². The van der Waals surface area contributed by atoms with Crippen LogP contribution in [0, 0.1) is 24.7 Å². The summed E-state index contributed by atoms with van der Waals surface area (Å²) in [6.45, 7) is 32.5. The minimum atomic E-state index is -0.904. The number of carbonyl (C=O) groups is 2. The molecule has 1 aromatic heterocycles. The van der Waals surface area contributed by atoms with Gasteiger partial charge in [0, 0.05) is 83.6 Å². The summed E-state index contributed by atoms with van der Waals surface area (Å²) in [5.74, 6) is 1.57. The molecule has 2 fully saturated rings. The van der Waals surface area contributed by atoms with E-state index in [1.54, 1.807) is 18.2 Å². The highest BCUT2D eigenvalue weighted by molar-refractivity contribution is 6.08. The first-order valence-corrected chi connectivity index (χ1v) is 23.2. The fourth-order valence-corrected chi connectivity index (χ4v) is 8.21. The van der Waals surface area contributed by atoms with Crippen LogP contribution in [-0.4, -0.2) is 138 Å². The third kappa shape index (κ3) is 14.0. The van der Waals surface area contributed by atoms with Crippen molar-refractivity contribution >= 4 is 29.1 Å². The summed E-state index contributed by atoms with van der Waals surface area (Å²) in [5, 5.41) is 16.8. The second kappa shape index (κ2) is 21.8. The molecule has 2 saturated heterocycles. The van der Waals surface area contributed by atoms with E-state index < -0.39 is 5.97 Å². The number of ether oxygens (including phenoxy) is 2. The molecule has 3 aliphatic heterocycles. The molecular weight excluding hydrogens is 805 g/mol. The van der Waals surface area contributed by atoms with Crippen molar-refractivity contribution in [2.75, 3.05) is 102 Å². The van der Waals surface area contributed by atoms with Crippen molar-refractivity contribution in [3.8, 4) is 11.5 Å². The van der Waals surface area contributed by atoms with Crippen LogP contribution in [0.1, 0.15) is 91.8 Å². The first-order chi connectivity index (χ1) is 30.4. The number of anilines is 3. The second-order valence-electron chi connectivity index (χ2n) is 20.1. The molecule has 3 aromatic carbocycles. The predicted molar refractivity (Wildman–Crippen MR) is 258 cm³/mol. The van der Waals surface area contributed by atoms with E-state index in [4.69, 9.17) is 14.6 Å². The van der Waals surface area contributed by atoms with Gasteiger partial charge in [0.1, 0.15) is 30.5 Å². The smallest absolute Gasteiger partial charge is 0.335 e. The van der Waals surface area contributed by atoms with Gasteiger partial charge < -0.3 is 34.6 Å². The Labute approximate surface area is 382 Å². The summed E-state index contributed by atoms with van der Waals surface area (Å²) >= 11 is 0. The number of aromatic carboxylic acids is 1. The molecule has 13 heteroatoms. The molecule has 0 radical (unpaired) electrons. The summed E-state index contributed by atoms with van der Waals surface area (Å²) in [5.41, 5.74) is 6.30. The van der Waals surface area contributed by atoms with Gasteiger partial charge in [-0.2, -0.15) is 5.10 Å². The fraction of sp³-hybridized carbons (Fsp3) is 0.549. The first kappa shape index (κ1) is 48.5. The molecule has 0 spiro atoms. The highest BCUT2D eigenvalue weighted by atomic mass is 16.5. The Morgan fingerprint density at radius 2 is 1.14 bits per heavy atom. The molecule has 0 bridgehead atoms. The Balaban J connectivity index is 0.000000235. The molecule has 0 saturated carbocycles. The monoisotopic (exact) mass is 879 g/mol. The average Bonchev–Trinajstić information content (AvgIpc) is 3.50. The molecule has 13 nitrogen and oxygen atoms in total. The molecule has 348 valence electrons. The quantitative estimate of drug-likeness (QED) is 0.128. The van der Waals surface area contributed by atoms with Crippen molar-refractivity contribution in [1.29, 1.82) is 0 Å². The van der Waals surface area contributed by atoms with Crippen LogP contribution < -0.4 is 19.7 Å². The van der Waals surface area contributed by atoms with Gasteiger partial charge >= 0.3 is 5.97 Å². The number of hydrogen-bond acceptors (Lipinski definition) is 10. The molecule has 1 amide bonds. The van der Waals surface area contributed by atoms with Gasteiger partial charge in [-0.1, -0.05) is 53.7 Å². The number of carboxylic acids is 1. The zero-order valence-corrected chi connectivity index (χ0v) is 40.1. The third-order valence-corrected chi connectivity index (χ3v) is 12.5. The maximum Gasteiger partial charge on any atom is 0.335 e. The van der Waals surface area contributed by atoms with Crippen LogP contribution in [0.15, 0.2) is 66.9 Å². The predicted octanol–water partition coefficient (Wildman–Crippen LogP) is 8.19. The van der Waals surface area contributed by atoms with Crippen LogP contribution in [0.2, 0.25) is 0 Å². The van der Waals surface area contributed by atoms with Gasteiger partial charge in [-0.05, 0) is 110 Å². The van der Waals surface area contributed by atoms with Gasteiger partial charge in [-0.25, -0.2) is 4.79 Å². The zero-order valence-electron chi connectivity index (χ0n) is 40.1. The number of nitrogens with zero attached hydrogens (tertiary/aromatic N) is 7. The molecule has 4 heterocycles. The van der Waals surface area contributed by atoms with Gasteiger partial charge in [0.25, 0.3) is 5.91 Å². The summed E-state index contributed by atoms with van der Waals surface area (Å²) in [6.07, 6.45) is 4.30. The van der Waals surface area contributed by atoms with E-state index in [1.165, 1.54) is 25.9 Å². The van der Waals surface area contributed by atoms with E-state index in [1.807, 2.05) is 79.1 Å². The molecule has 0 unspecified atom stereocenters. The normalized spacial score (nSPS) is 16.5. The second-order valence-corrected chi connectivity index (χ2v) is 20.1. The van der Waals surface area contributed by atoms with Gasteiger partial charge in [0.2, 0.25) is 0 Å². The lowest BCUT2D eigenvalue weighted by Crippen LogP contribution is -2.48. The molecule has 3 aliphatic rings. The molecule has 0 aliphatic carbocycles. The zero-order chi connectivity index (χ0) is 46.0. The number of aryl methyl sites for hydroxylation is 3. The Hall–Kier alpha value is -4.95. The Morgan fingerprint density at radius 1 is 0.672 bits per heavy atom. The highest BCUT2D eigenvalue weighted by Gasteiger charge is 2.27. The Kier molecular flexibility index (Phi) is 16.5. The standard InChI is InChI=1S/C31H42N6O2.C20H32N2O3/c1-23-20-24(10-11-28(23)39-19-18-36-16-14-35(15-17-36)13-12-31(2,3)4)30(38)37-22-25-21-32-34(5)29(25)33-26-8-6-7-9-27(26)37;1-16-15-17(19(23)24)5-6-18(16)25-14-13-22-11-9-21(10-12-22)8-7-20(2,3)4/h6-11,20-21,33H,12-19,22H2,1-5H3;5-6,15H,7-14H2,1-4H3,(H,23,24). The molecule has 64 heavy (non-hydrogen) atoms. The number of amides is 1. The minimum absolute atomic E-state index is 0.0417. The van der Waals surface area contributed by atoms with Crippen LogP contribution in [0.25, 0.3) is 0 Å². The number of benzene rings is 3. The van der Waals surface area contributed by atoms with Crippen LogP contribution in [0.5, 0.6) is 11.5 Å². The number of carbonyl (C=O) groups excluding carboxylic acids is 1. The number of aromatic nitrogens is 2. The van der Waals surface area contributed by atoms with Crippen molar-refractivity contribution in [3.05, 3.63) is 94.7 Å². The Morgan fingerprint density at radius 3 is 1.62 bits per heavy atom. The number of piperazine rings is 2. The van der Waals surface area contributed by atoms with Gasteiger partial charge in [0.15, 0.2) is 0 Å². The van der Waals surface area contributed by atoms with Crippen LogP contribution in [0.3, 0.4) is 0 Å². The van der Waals surface area contributed by atoms with Crippen LogP contribution in [0.4, 0.5) is 17.2 Å². The van der Waals surface area contributed by atoms with Crippen molar-refractivity contribution in [2.24, 2.45) is 17.9 Å². The number of nitrogens with one attached hydrogen (secondary N) is 1. The first-order valence-electron chi connectivity index (χ1n) is 23.2. The van der Waals surface area contributed by atoms with E-state index in [-0.39, 0.29) is 5.91 Å². The number of fused-ring (bicyclic) bond motifs is 2. The van der Waals surface area contributed by atoms with E-state index in [2.05, 4.69) is 71.6 Å². The maximum absolute atomic E-state index is 13.8. The largest absolute Gasteiger partial charge is 0.492 e. The number of rotatable bonds is 14. The average molecular weight is 879 g/mol. The van der Waals surface area contributed by atoms with E-state index in [9.17, 15) is 9.59 Å². The van der Waals surface area contributed by atoms with E-state index in [0.29, 0.717) is 41.7 Å². The van der Waals surface area contributed by atoms with Crippen molar-refractivity contribution in [1.82, 2.24) is 29.4 Å². The van der Waals surface area contributed by atoms with Gasteiger partial charge in [0.05, 0.1) is 29.7 Å². The van der Waals surface area contributed by atoms with Gasteiger partial charge in [-0.15, -0.1) is 0 Å².